The monoisotopic (exact) mass is 802 g/mol. The predicted molar refractivity (Wildman–Crippen MR) is 193 cm³/mol. The molecule has 1 N–H and O–H groups in total. The Kier molecular flexibility index (Phi) is 15.2. The number of hydrogen-bond donors (Lipinski definition) is 1. The maximum Gasteiger partial charge on any atom is 0.373 e. The number of hydrogen-bond acceptors (Lipinski definition) is 12. The van der Waals surface area contributed by atoms with Crippen molar-refractivity contribution in [3.8, 4) is 12.1 Å². The van der Waals surface area contributed by atoms with Crippen LogP contribution in [-0.2, 0) is 19.2 Å². The van der Waals surface area contributed by atoms with Crippen LogP contribution < -0.4 is 10.2 Å². The fraction of sp³-hybridized carbons (Fsp3) is 0.263. The number of nitrogens with zero attached hydrogens (tertiary/aromatic N) is 9. The summed E-state index contributed by atoms with van der Waals surface area (Å²) in [6.07, 6.45) is 5.66. The van der Waals surface area contributed by atoms with Crippen molar-refractivity contribution in [3.63, 3.8) is 0 Å². The van der Waals surface area contributed by atoms with Crippen LogP contribution in [0.3, 0.4) is 0 Å². The van der Waals surface area contributed by atoms with Crippen molar-refractivity contribution in [2.24, 2.45) is 0 Å². The van der Waals surface area contributed by atoms with Crippen molar-refractivity contribution in [1.29, 1.82) is 10.5 Å². The summed E-state index contributed by atoms with van der Waals surface area (Å²) in [6.45, 7) is 4.21. The molecule has 2 fully saturated rings. The van der Waals surface area contributed by atoms with E-state index in [1.54, 1.807) is 24.5 Å². The highest BCUT2D eigenvalue weighted by Gasteiger charge is 2.34. The summed E-state index contributed by atoms with van der Waals surface area (Å²) in [5, 5.41) is 29.1. The maximum atomic E-state index is 14.2. The molecule has 0 saturated carbocycles. The second kappa shape index (κ2) is 20.2. The Bertz CT molecular complexity index is 2440. The van der Waals surface area contributed by atoms with E-state index in [9.17, 15) is 17.6 Å². The van der Waals surface area contributed by atoms with E-state index in [0.717, 1.165) is 22.3 Å². The van der Waals surface area contributed by atoms with E-state index in [0.29, 0.717) is 46.4 Å². The molecule has 0 aliphatic carbocycles. The maximum absolute atomic E-state index is 14.2. The number of benzene rings is 2. The van der Waals surface area contributed by atoms with E-state index in [-0.39, 0.29) is 49.0 Å². The molecule has 4 aromatic heterocycles. The first-order chi connectivity index (χ1) is 27.3. The molecule has 2 aliphatic heterocycles. The molecule has 2 aliphatic rings. The van der Waals surface area contributed by atoms with Gasteiger partial charge in [-0.1, -0.05) is 23.7 Å². The average Bonchev–Trinajstić information content (AvgIpc) is 3.97. The summed E-state index contributed by atoms with van der Waals surface area (Å²) in [4.78, 5) is 42.8. The normalized spacial score (nSPS) is 17.8. The Labute approximate surface area is 326 Å². The number of nitrogens with one attached hydrogen (secondary N) is 1. The highest BCUT2D eigenvalue weighted by molar-refractivity contribution is 6.29. The van der Waals surface area contributed by atoms with Crippen molar-refractivity contribution >= 4 is 41.0 Å². The van der Waals surface area contributed by atoms with Gasteiger partial charge in [0, 0.05) is 31.4 Å². The van der Waals surface area contributed by atoms with Crippen LogP contribution in [0.5, 0.6) is 0 Å². The van der Waals surface area contributed by atoms with Crippen molar-refractivity contribution in [1.82, 2.24) is 34.5 Å². The number of aryl methyl sites for hydroxylation is 2. The minimum absolute atomic E-state index is 0.0283. The molecule has 0 spiro atoms. The summed E-state index contributed by atoms with van der Waals surface area (Å²) >= 11 is 5.64. The van der Waals surface area contributed by atoms with Gasteiger partial charge in [-0.15, -0.1) is 0 Å². The Morgan fingerprint density at radius 1 is 0.754 bits per heavy atom. The van der Waals surface area contributed by atoms with Crippen LogP contribution in [0.4, 0.5) is 23.4 Å². The fourth-order valence-corrected chi connectivity index (χ4v) is 6.38. The second-order valence-corrected chi connectivity index (χ2v) is 12.9. The van der Waals surface area contributed by atoms with Gasteiger partial charge in [0.25, 0.3) is 0 Å². The van der Waals surface area contributed by atoms with E-state index in [2.05, 4.69) is 25.5 Å². The third-order valence-electron chi connectivity index (χ3n) is 8.47. The molecule has 57 heavy (non-hydrogen) atoms. The zero-order valence-electron chi connectivity index (χ0n) is 30.1. The SMILES string of the molecule is Cc1cc(F)cc([C@H]2C[C@H](F)CN2)c1.Cc1cc(F)cc([C@H]2C[C@H](F)CN2c2ccn3ncc(C#N)c3n2)c1.N#Cc1cnn2ccc(Cl)nc12.O=C=O.O=C=O. The van der Waals surface area contributed by atoms with Gasteiger partial charge in [-0.3, -0.25) is 0 Å². The third kappa shape index (κ3) is 11.4. The molecule has 292 valence electrons. The van der Waals surface area contributed by atoms with Crippen LogP contribution in [0.25, 0.3) is 11.3 Å². The molecule has 8 rings (SSSR count). The van der Waals surface area contributed by atoms with Crippen LogP contribution in [0.1, 0.15) is 58.3 Å². The number of alkyl halides is 2. The molecule has 19 heteroatoms. The van der Waals surface area contributed by atoms with E-state index in [1.165, 1.54) is 45.7 Å². The number of carbonyl (C=O) groups excluding carboxylic acids is 4. The van der Waals surface area contributed by atoms with Crippen LogP contribution in [-0.4, -0.2) is 66.9 Å². The highest BCUT2D eigenvalue weighted by Crippen LogP contribution is 2.37. The minimum Gasteiger partial charge on any atom is -0.346 e. The number of anilines is 1. The van der Waals surface area contributed by atoms with Gasteiger partial charge in [-0.2, -0.15) is 39.9 Å². The molecule has 0 radical (unpaired) electrons. The van der Waals surface area contributed by atoms with Crippen molar-refractivity contribution in [3.05, 3.63) is 123 Å². The minimum atomic E-state index is -1.02. The molecular formula is C38H31ClF4N10O4. The molecule has 2 saturated heterocycles. The number of nitriles is 2. The summed E-state index contributed by atoms with van der Waals surface area (Å²) in [6, 6.07) is 16.7. The molecule has 6 aromatic rings. The molecule has 14 nitrogen and oxygen atoms in total. The van der Waals surface area contributed by atoms with E-state index in [1.807, 2.05) is 43.0 Å². The molecule has 0 bridgehead atoms. The van der Waals surface area contributed by atoms with Gasteiger partial charge in [0.1, 0.15) is 58.2 Å². The fourth-order valence-electron chi connectivity index (χ4n) is 6.25. The van der Waals surface area contributed by atoms with Crippen molar-refractivity contribution in [2.45, 2.75) is 51.1 Å². The van der Waals surface area contributed by atoms with Crippen LogP contribution in [0, 0.1) is 48.1 Å². The summed E-state index contributed by atoms with van der Waals surface area (Å²) in [5.74, 6) is -0.0242. The Morgan fingerprint density at radius 2 is 1.28 bits per heavy atom. The Hall–Kier alpha value is -6.81. The summed E-state index contributed by atoms with van der Waals surface area (Å²) < 4.78 is 56.9. The lowest BCUT2D eigenvalue weighted by Gasteiger charge is -2.26. The average molecular weight is 803 g/mol. The van der Waals surface area contributed by atoms with Crippen LogP contribution in [0.2, 0.25) is 5.15 Å². The van der Waals surface area contributed by atoms with Crippen LogP contribution >= 0.6 is 11.6 Å². The van der Waals surface area contributed by atoms with E-state index in [4.69, 9.17) is 41.3 Å². The number of aromatic nitrogens is 6. The molecule has 4 atom stereocenters. The second-order valence-electron chi connectivity index (χ2n) is 12.5. The highest BCUT2D eigenvalue weighted by atomic mass is 35.5. The van der Waals surface area contributed by atoms with E-state index >= 15 is 0 Å². The smallest absolute Gasteiger partial charge is 0.346 e. The summed E-state index contributed by atoms with van der Waals surface area (Å²) in [7, 11) is 0. The first-order valence-corrected chi connectivity index (χ1v) is 17.2. The molecular weight excluding hydrogens is 772 g/mol. The number of fused-ring (bicyclic) bond motifs is 2. The molecule has 0 amide bonds. The molecule has 2 aromatic carbocycles. The van der Waals surface area contributed by atoms with Gasteiger partial charge >= 0.3 is 12.3 Å². The topological polar surface area (TPSA) is 192 Å². The lowest BCUT2D eigenvalue weighted by atomic mass is 10.0. The van der Waals surface area contributed by atoms with Crippen LogP contribution in [0.15, 0.2) is 73.3 Å². The van der Waals surface area contributed by atoms with Gasteiger partial charge in [-0.25, -0.2) is 36.6 Å². The van der Waals surface area contributed by atoms with Gasteiger partial charge in [0.05, 0.1) is 25.0 Å². The Balaban J connectivity index is 0.000000190. The summed E-state index contributed by atoms with van der Waals surface area (Å²) in [5.41, 5.74) is 4.96. The van der Waals surface area contributed by atoms with Crippen molar-refractivity contribution in [2.75, 3.05) is 18.0 Å². The lowest BCUT2D eigenvalue weighted by molar-refractivity contribution is -0.193. The lowest BCUT2D eigenvalue weighted by Crippen LogP contribution is -2.25. The van der Waals surface area contributed by atoms with Gasteiger partial charge in [0.15, 0.2) is 11.3 Å². The first-order valence-electron chi connectivity index (χ1n) is 16.8. The number of rotatable bonds is 3. The first kappa shape index (κ1) is 42.9. The van der Waals surface area contributed by atoms with E-state index < -0.39 is 12.3 Å². The molecule has 6 heterocycles. The largest absolute Gasteiger partial charge is 0.373 e. The van der Waals surface area contributed by atoms with Gasteiger partial charge in [0.2, 0.25) is 0 Å². The number of halogens is 5. The predicted octanol–water partition coefficient (Wildman–Crippen LogP) is 5.93. The zero-order chi connectivity index (χ0) is 41.6. The zero-order valence-corrected chi connectivity index (χ0v) is 30.9. The Morgan fingerprint density at radius 3 is 1.81 bits per heavy atom. The molecule has 0 unspecified atom stereocenters. The third-order valence-corrected chi connectivity index (χ3v) is 8.68. The van der Waals surface area contributed by atoms with Gasteiger partial charge in [-0.05, 0) is 78.9 Å². The quantitative estimate of drug-likeness (QED) is 0.164. The van der Waals surface area contributed by atoms with Gasteiger partial charge < -0.3 is 10.2 Å². The standard InChI is InChI=1S/C18H15F2N5.C11H13F2N.C7H3ClN4.2CO2/c1-11-4-12(6-14(19)5-11)16-7-15(20)10-24(16)17-2-3-25-18(23-17)13(8-21)9-22-25;1-7-2-8(4-9(12)3-7)11-5-10(13)6-14-11;8-6-1-2-12-7(11-6)5(3-9)4-10-12;2*2-1-3/h2-6,9,15-16H,7,10H2,1H3;2-4,10-11,14H,5-6H2,1H3;1-2,4H;;/t15-,16+;10-,11+;;;/m00.../s1. The van der Waals surface area contributed by atoms with Crippen molar-refractivity contribution < 1.29 is 36.7 Å².